The number of sulfonamides is 1. The molecule has 0 spiro atoms. The number of ether oxygens (including phenoxy) is 1. The van der Waals surface area contributed by atoms with Gasteiger partial charge < -0.3 is 10.5 Å². The fourth-order valence-electron chi connectivity index (χ4n) is 2.97. The van der Waals surface area contributed by atoms with E-state index in [1.54, 1.807) is 0 Å². The highest BCUT2D eigenvalue weighted by molar-refractivity contribution is 7.89. The molecule has 10 heteroatoms. The van der Waals surface area contributed by atoms with E-state index >= 15 is 0 Å². The van der Waals surface area contributed by atoms with Crippen LogP contribution in [0.3, 0.4) is 0 Å². The molecule has 1 aromatic carbocycles. The van der Waals surface area contributed by atoms with Crippen LogP contribution in [0.15, 0.2) is 23.1 Å². The molecule has 0 amide bonds. The van der Waals surface area contributed by atoms with Crippen LogP contribution < -0.4 is 10.5 Å². The summed E-state index contributed by atoms with van der Waals surface area (Å²) in [6, 6.07) is 3.38. The molecule has 2 rings (SSSR count). The first-order chi connectivity index (χ1) is 10.8. The van der Waals surface area contributed by atoms with E-state index in [9.17, 15) is 18.5 Å². The van der Waals surface area contributed by atoms with Crippen molar-refractivity contribution in [3.63, 3.8) is 0 Å². The maximum Gasteiger partial charge on any atom is 0.312 e. The van der Waals surface area contributed by atoms with Crippen molar-refractivity contribution >= 4 is 28.1 Å². The van der Waals surface area contributed by atoms with E-state index in [2.05, 4.69) is 0 Å². The summed E-state index contributed by atoms with van der Waals surface area (Å²) < 4.78 is 32.0. The second-order valence-electron chi connectivity index (χ2n) is 5.63. The molecule has 136 valence electrons. The highest BCUT2D eigenvalue weighted by Gasteiger charge is 2.37. The first-order valence-corrected chi connectivity index (χ1v) is 8.81. The van der Waals surface area contributed by atoms with Crippen LogP contribution in [0.4, 0.5) is 5.69 Å². The number of piperidine rings is 1. The summed E-state index contributed by atoms with van der Waals surface area (Å²) in [4.78, 5) is 10.3. The molecule has 8 nitrogen and oxygen atoms in total. The molecular weight excluding hydrogens is 358 g/mol. The topological polar surface area (TPSA) is 116 Å². The molecule has 0 aromatic heterocycles. The molecule has 1 heterocycles. The van der Waals surface area contributed by atoms with E-state index < -0.39 is 14.9 Å². The summed E-state index contributed by atoms with van der Waals surface area (Å²) in [7, 11) is -2.55. The third-order valence-electron chi connectivity index (χ3n) is 4.26. The van der Waals surface area contributed by atoms with Gasteiger partial charge in [0.1, 0.15) is 0 Å². The molecule has 0 bridgehead atoms. The summed E-state index contributed by atoms with van der Waals surface area (Å²) in [6.07, 6.45) is 1.66. The van der Waals surface area contributed by atoms with Crippen LogP contribution in [-0.2, 0) is 10.0 Å². The predicted octanol–water partition coefficient (Wildman–Crippen LogP) is 1.77. The Morgan fingerprint density at radius 3 is 2.67 bits per heavy atom. The van der Waals surface area contributed by atoms with Gasteiger partial charge in [-0.15, -0.1) is 12.4 Å². The molecule has 1 fully saturated rings. The minimum Gasteiger partial charge on any atom is -0.490 e. The zero-order valence-electron chi connectivity index (χ0n) is 13.5. The van der Waals surface area contributed by atoms with Crippen molar-refractivity contribution in [2.45, 2.75) is 30.7 Å². The highest BCUT2D eigenvalue weighted by atomic mass is 35.5. The van der Waals surface area contributed by atoms with Crippen molar-refractivity contribution < 1.29 is 18.1 Å². The number of methoxy groups -OCH3 is 1. The quantitative estimate of drug-likeness (QED) is 0.615. The number of rotatable bonds is 5. The fourth-order valence-corrected chi connectivity index (χ4v) is 4.76. The summed E-state index contributed by atoms with van der Waals surface area (Å²) in [6.45, 7) is 2.56. The normalized spacial score (nSPS) is 21.8. The van der Waals surface area contributed by atoms with Gasteiger partial charge in [0, 0.05) is 25.2 Å². The standard InChI is InChI=1S/C14H21N3O5S.ClH/c1-10-4-3-7-16(13(10)9-15)23(20,21)11-5-6-14(22-2)12(8-11)17(18)19;/h5-6,8,10,13H,3-4,7,9,15H2,1-2H3;1H. The van der Waals surface area contributed by atoms with Crippen molar-refractivity contribution in [1.82, 2.24) is 4.31 Å². The van der Waals surface area contributed by atoms with Crippen molar-refractivity contribution in [2.75, 3.05) is 20.2 Å². The van der Waals surface area contributed by atoms with E-state index in [0.29, 0.717) is 6.54 Å². The first-order valence-electron chi connectivity index (χ1n) is 7.37. The molecule has 0 radical (unpaired) electrons. The van der Waals surface area contributed by atoms with Gasteiger partial charge in [0.05, 0.1) is 16.9 Å². The lowest BCUT2D eigenvalue weighted by atomic mass is 9.93. The number of halogens is 1. The van der Waals surface area contributed by atoms with Gasteiger partial charge in [-0.2, -0.15) is 4.31 Å². The molecular formula is C14H22ClN3O5S. The Kier molecular flexibility index (Phi) is 6.97. The van der Waals surface area contributed by atoms with Crippen molar-refractivity contribution in [3.05, 3.63) is 28.3 Å². The van der Waals surface area contributed by atoms with Gasteiger partial charge >= 0.3 is 5.69 Å². The zero-order chi connectivity index (χ0) is 17.2. The Bertz CT molecular complexity index is 698. The second-order valence-corrected chi connectivity index (χ2v) is 7.52. The van der Waals surface area contributed by atoms with Gasteiger partial charge in [0.2, 0.25) is 10.0 Å². The van der Waals surface area contributed by atoms with Crippen molar-refractivity contribution in [1.29, 1.82) is 0 Å². The van der Waals surface area contributed by atoms with Crippen LogP contribution in [0.1, 0.15) is 19.8 Å². The number of hydrogen-bond acceptors (Lipinski definition) is 6. The average molecular weight is 380 g/mol. The Balaban J connectivity index is 0.00000288. The summed E-state index contributed by atoms with van der Waals surface area (Å²) in [5, 5.41) is 11.1. The number of nitro groups is 1. The maximum atomic E-state index is 12.9. The molecule has 2 atom stereocenters. The number of benzene rings is 1. The summed E-state index contributed by atoms with van der Waals surface area (Å²) in [5.74, 6) is 0.174. The molecule has 2 unspecified atom stereocenters. The first kappa shape index (κ1) is 20.6. The van der Waals surface area contributed by atoms with Crippen LogP contribution in [0.5, 0.6) is 5.75 Å². The Morgan fingerprint density at radius 1 is 1.46 bits per heavy atom. The van der Waals surface area contributed by atoms with E-state index in [4.69, 9.17) is 10.5 Å². The maximum absolute atomic E-state index is 12.9. The van der Waals surface area contributed by atoms with Crippen LogP contribution in [0.2, 0.25) is 0 Å². The third-order valence-corrected chi connectivity index (χ3v) is 6.18. The SMILES string of the molecule is COc1ccc(S(=O)(=O)N2CCCC(C)C2CN)cc1[N+](=O)[O-].Cl. The minimum absolute atomic E-state index is 0. The van der Waals surface area contributed by atoms with Crippen molar-refractivity contribution in [3.8, 4) is 5.75 Å². The van der Waals surface area contributed by atoms with Gasteiger partial charge in [-0.25, -0.2) is 8.42 Å². The molecule has 0 aliphatic carbocycles. The molecule has 24 heavy (non-hydrogen) atoms. The molecule has 1 aromatic rings. The van der Waals surface area contributed by atoms with Gasteiger partial charge in [0.25, 0.3) is 0 Å². The van der Waals surface area contributed by atoms with Crippen molar-refractivity contribution in [2.24, 2.45) is 11.7 Å². The number of hydrogen-bond donors (Lipinski definition) is 1. The Labute approximate surface area is 147 Å². The van der Waals surface area contributed by atoms with Crippen LogP contribution in [-0.4, -0.2) is 43.9 Å². The van der Waals surface area contributed by atoms with E-state index in [1.165, 1.54) is 23.5 Å². The predicted molar refractivity (Wildman–Crippen MR) is 92.0 cm³/mol. The van der Waals surface area contributed by atoms with Gasteiger partial charge in [0.15, 0.2) is 5.75 Å². The number of nitro benzene ring substituents is 1. The number of nitrogens with zero attached hydrogens (tertiary/aromatic N) is 2. The third kappa shape index (κ3) is 3.80. The van der Waals surface area contributed by atoms with E-state index in [1.807, 2.05) is 6.92 Å². The van der Waals surface area contributed by atoms with E-state index in [-0.39, 0.29) is 47.2 Å². The van der Waals surface area contributed by atoms with Crippen LogP contribution in [0, 0.1) is 16.0 Å². The monoisotopic (exact) mass is 379 g/mol. The number of nitrogens with two attached hydrogens (primary N) is 1. The molecule has 1 saturated heterocycles. The molecule has 2 N–H and O–H groups in total. The highest BCUT2D eigenvalue weighted by Crippen LogP contribution is 2.33. The lowest BCUT2D eigenvalue weighted by molar-refractivity contribution is -0.386. The summed E-state index contributed by atoms with van der Waals surface area (Å²) in [5.41, 5.74) is 5.38. The summed E-state index contributed by atoms with van der Waals surface area (Å²) >= 11 is 0. The second kappa shape index (κ2) is 8.11. The fraction of sp³-hybridized carbons (Fsp3) is 0.571. The lowest BCUT2D eigenvalue weighted by Gasteiger charge is -2.38. The smallest absolute Gasteiger partial charge is 0.312 e. The van der Waals surface area contributed by atoms with Crippen LogP contribution in [0.25, 0.3) is 0 Å². The van der Waals surface area contributed by atoms with E-state index in [0.717, 1.165) is 18.9 Å². The van der Waals surface area contributed by atoms with Crippen LogP contribution >= 0.6 is 12.4 Å². The molecule has 0 saturated carbocycles. The van der Waals surface area contributed by atoms with Gasteiger partial charge in [-0.3, -0.25) is 10.1 Å². The Morgan fingerprint density at radius 2 is 2.12 bits per heavy atom. The van der Waals surface area contributed by atoms with Gasteiger partial charge in [-0.05, 0) is 30.9 Å². The Hall–Kier alpha value is -1.42. The average Bonchev–Trinajstić information content (AvgIpc) is 2.53. The largest absolute Gasteiger partial charge is 0.490 e. The van der Waals surface area contributed by atoms with Gasteiger partial charge in [-0.1, -0.05) is 6.92 Å². The lowest BCUT2D eigenvalue weighted by Crippen LogP contribution is -2.51. The zero-order valence-corrected chi connectivity index (χ0v) is 15.2. The molecule has 1 aliphatic heterocycles. The minimum atomic E-state index is -3.84. The molecule has 1 aliphatic rings.